The zero-order chi connectivity index (χ0) is 17.8. The quantitative estimate of drug-likeness (QED) is 0.398. The van der Waals surface area contributed by atoms with Gasteiger partial charge in [-0.2, -0.15) is 0 Å². The van der Waals surface area contributed by atoms with Gasteiger partial charge in [-0.3, -0.25) is 14.2 Å². The van der Waals surface area contributed by atoms with Crippen molar-refractivity contribution in [1.82, 2.24) is 9.55 Å². The van der Waals surface area contributed by atoms with E-state index in [1.165, 1.54) is 35.6 Å². The van der Waals surface area contributed by atoms with E-state index in [4.69, 9.17) is 0 Å². The number of ether oxygens (including phenoxy) is 1. The molecule has 3 rings (SSSR count). The monoisotopic (exact) mass is 358 g/mol. The summed E-state index contributed by atoms with van der Waals surface area (Å²) in [4.78, 5) is 28.7. The van der Waals surface area contributed by atoms with Gasteiger partial charge in [-0.1, -0.05) is 36.0 Å². The Kier molecular flexibility index (Phi) is 5.14. The van der Waals surface area contributed by atoms with Gasteiger partial charge in [0.2, 0.25) is 0 Å². The van der Waals surface area contributed by atoms with E-state index in [0.717, 1.165) is 0 Å². The van der Waals surface area contributed by atoms with Crippen LogP contribution in [0.3, 0.4) is 0 Å². The van der Waals surface area contributed by atoms with Crippen molar-refractivity contribution in [3.63, 3.8) is 0 Å². The number of carbonyl (C=O) groups is 1. The second-order valence-electron chi connectivity index (χ2n) is 5.18. The number of hydrogen-bond donors (Lipinski definition) is 0. The Labute approximate surface area is 147 Å². The first-order valence-corrected chi connectivity index (χ1v) is 8.56. The van der Waals surface area contributed by atoms with Crippen molar-refractivity contribution in [2.75, 3.05) is 12.9 Å². The first kappa shape index (κ1) is 17.2. The summed E-state index contributed by atoms with van der Waals surface area (Å²) in [7, 11) is 1.32. The molecule has 0 atom stereocenters. The lowest BCUT2D eigenvalue weighted by Crippen LogP contribution is -2.22. The second-order valence-corrected chi connectivity index (χ2v) is 6.24. The number of benzene rings is 2. The van der Waals surface area contributed by atoms with E-state index in [-0.39, 0.29) is 23.6 Å². The highest BCUT2D eigenvalue weighted by Gasteiger charge is 2.16. The van der Waals surface area contributed by atoms with E-state index >= 15 is 0 Å². The first-order valence-electron chi connectivity index (χ1n) is 7.58. The van der Waals surface area contributed by atoms with Crippen LogP contribution in [-0.4, -0.2) is 28.4 Å². The van der Waals surface area contributed by atoms with Crippen LogP contribution in [0, 0.1) is 5.82 Å². The summed E-state index contributed by atoms with van der Waals surface area (Å²) in [5.41, 5.74) is 0.309. The molecule has 7 heteroatoms. The summed E-state index contributed by atoms with van der Waals surface area (Å²) >= 11 is 1.21. The summed E-state index contributed by atoms with van der Waals surface area (Å²) < 4.78 is 20.1. The molecule has 0 amide bonds. The van der Waals surface area contributed by atoms with Crippen LogP contribution in [-0.2, 0) is 9.53 Å². The SMILES string of the molecule is COC(=O)CCSc1nc2ccccc2c(=O)n1-c1ccccc1F. The van der Waals surface area contributed by atoms with Crippen molar-refractivity contribution in [3.8, 4) is 5.69 Å². The van der Waals surface area contributed by atoms with Gasteiger partial charge in [-0.15, -0.1) is 0 Å². The fourth-order valence-electron chi connectivity index (χ4n) is 2.38. The van der Waals surface area contributed by atoms with E-state index in [9.17, 15) is 14.0 Å². The van der Waals surface area contributed by atoms with E-state index in [1.54, 1.807) is 36.4 Å². The molecule has 3 aromatic rings. The molecule has 0 aliphatic carbocycles. The van der Waals surface area contributed by atoms with Gasteiger partial charge in [0.25, 0.3) is 5.56 Å². The van der Waals surface area contributed by atoms with Crippen molar-refractivity contribution < 1.29 is 13.9 Å². The number of nitrogens with zero attached hydrogens (tertiary/aromatic N) is 2. The molecular formula is C18H15FN2O3S. The van der Waals surface area contributed by atoms with Crippen molar-refractivity contribution in [2.24, 2.45) is 0 Å². The van der Waals surface area contributed by atoms with Crippen molar-refractivity contribution >= 4 is 28.6 Å². The number of carbonyl (C=O) groups excluding carboxylic acids is 1. The normalized spacial score (nSPS) is 10.8. The van der Waals surface area contributed by atoms with Gasteiger partial charge in [-0.25, -0.2) is 9.37 Å². The Bertz CT molecular complexity index is 987. The number of aromatic nitrogens is 2. The molecule has 1 aromatic heterocycles. The molecule has 2 aromatic carbocycles. The van der Waals surface area contributed by atoms with Gasteiger partial charge in [0.1, 0.15) is 5.82 Å². The average Bonchev–Trinajstić information content (AvgIpc) is 2.63. The van der Waals surface area contributed by atoms with Gasteiger partial charge >= 0.3 is 5.97 Å². The van der Waals surface area contributed by atoms with Gasteiger partial charge in [0, 0.05) is 5.75 Å². The predicted molar refractivity (Wildman–Crippen MR) is 94.7 cm³/mol. The largest absolute Gasteiger partial charge is 0.469 e. The van der Waals surface area contributed by atoms with E-state index in [2.05, 4.69) is 9.72 Å². The minimum atomic E-state index is -0.517. The van der Waals surface area contributed by atoms with Gasteiger partial charge in [0.05, 0.1) is 30.1 Å². The third-order valence-electron chi connectivity index (χ3n) is 3.60. The molecule has 0 saturated heterocycles. The lowest BCUT2D eigenvalue weighted by Gasteiger charge is -2.13. The molecule has 5 nitrogen and oxygen atoms in total. The minimum absolute atomic E-state index is 0.131. The number of thioether (sulfide) groups is 1. The van der Waals surface area contributed by atoms with Crippen molar-refractivity contribution in [3.05, 3.63) is 64.7 Å². The molecule has 0 spiro atoms. The van der Waals surface area contributed by atoms with E-state index in [0.29, 0.717) is 21.8 Å². The predicted octanol–water partition coefficient (Wildman–Crippen LogP) is 3.18. The Balaban J connectivity index is 2.13. The molecule has 0 aliphatic heterocycles. The highest BCUT2D eigenvalue weighted by molar-refractivity contribution is 7.99. The molecule has 0 bridgehead atoms. The van der Waals surface area contributed by atoms with Gasteiger partial charge in [-0.05, 0) is 24.3 Å². The molecule has 1 heterocycles. The zero-order valence-corrected chi connectivity index (χ0v) is 14.3. The van der Waals surface area contributed by atoms with Crippen LogP contribution < -0.4 is 5.56 Å². The highest BCUT2D eigenvalue weighted by atomic mass is 32.2. The van der Waals surface area contributed by atoms with Crippen molar-refractivity contribution in [1.29, 1.82) is 0 Å². The van der Waals surface area contributed by atoms with Crippen LogP contribution >= 0.6 is 11.8 Å². The van der Waals surface area contributed by atoms with Crippen LogP contribution in [0.2, 0.25) is 0 Å². The first-order chi connectivity index (χ1) is 12.1. The summed E-state index contributed by atoms with van der Waals surface area (Å²) in [6.45, 7) is 0. The van der Waals surface area contributed by atoms with Crippen LogP contribution in [0.1, 0.15) is 6.42 Å². The third kappa shape index (κ3) is 3.56. The molecule has 25 heavy (non-hydrogen) atoms. The van der Waals surface area contributed by atoms with Gasteiger partial charge < -0.3 is 4.74 Å². The highest BCUT2D eigenvalue weighted by Crippen LogP contribution is 2.23. The number of methoxy groups -OCH3 is 1. The zero-order valence-electron chi connectivity index (χ0n) is 13.4. The van der Waals surface area contributed by atoms with Gasteiger partial charge in [0.15, 0.2) is 5.16 Å². The number of para-hydroxylation sites is 2. The molecule has 0 N–H and O–H groups in total. The summed E-state index contributed by atoms with van der Waals surface area (Å²) in [6, 6.07) is 12.9. The number of fused-ring (bicyclic) bond motifs is 1. The summed E-state index contributed by atoms with van der Waals surface area (Å²) in [6.07, 6.45) is 0.168. The number of halogens is 1. The Morgan fingerprint density at radius 2 is 1.92 bits per heavy atom. The van der Waals surface area contributed by atoms with Crippen LogP contribution in [0.4, 0.5) is 4.39 Å². The average molecular weight is 358 g/mol. The Morgan fingerprint density at radius 1 is 1.20 bits per heavy atom. The summed E-state index contributed by atoms with van der Waals surface area (Å²) in [5.74, 6) is -0.504. The van der Waals surface area contributed by atoms with E-state index in [1.807, 2.05) is 0 Å². The van der Waals surface area contributed by atoms with Crippen molar-refractivity contribution in [2.45, 2.75) is 11.6 Å². The standard InChI is InChI=1S/C18H15FN2O3S/c1-24-16(22)10-11-25-18-20-14-8-4-2-6-12(14)17(23)21(18)15-9-5-3-7-13(15)19/h2-9H,10-11H2,1H3. The maximum Gasteiger partial charge on any atom is 0.306 e. The Morgan fingerprint density at radius 3 is 2.68 bits per heavy atom. The lowest BCUT2D eigenvalue weighted by molar-refractivity contribution is -0.140. The van der Waals surface area contributed by atoms with E-state index < -0.39 is 5.82 Å². The Hall–Kier alpha value is -2.67. The smallest absolute Gasteiger partial charge is 0.306 e. The number of esters is 1. The molecule has 0 fully saturated rings. The lowest BCUT2D eigenvalue weighted by atomic mass is 10.2. The summed E-state index contributed by atoms with van der Waals surface area (Å²) in [5, 5.41) is 0.737. The molecule has 0 saturated carbocycles. The minimum Gasteiger partial charge on any atom is -0.469 e. The topological polar surface area (TPSA) is 61.2 Å². The van der Waals surface area contributed by atoms with Crippen LogP contribution in [0.25, 0.3) is 16.6 Å². The number of rotatable bonds is 5. The maximum absolute atomic E-state index is 14.3. The molecule has 0 radical (unpaired) electrons. The second kappa shape index (κ2) is 7.48. The maximum atomic E-state index is 14.3. The molecule has 128 valence electrons. The van der Waals surface area contributed by atoms with Crippen LogP contribution in [0.5, 0.6) is 0 Å². The fourth-order valence-corrected chi connectivity index (χ4v) is 3.31. The molecule has 0 aliphatic rings. The third-order valence-corrected chi connectivity index (χ3v) is 4.54. The fraction of sp³-hybridized carbons (Fsp3) is 0.167. The van der Waals surface area contributed by atoms with Crippen LogP contribution in [0.15, 0.2) is 58.5 Å². The number of hydrogen-bond acceptors (Lipinski definition) is 5. The molecular weight excluding hydrogens is 343 g/mol. The molecule has 0 unspecified atom stereocenters.